The average molecular weight is 234 g/mol. The first-order valence-electron chi connectivity index (χ1n) is 4.97. The number of benzene rings is 1. The Morgan fingerprint density at radius 1 is 1.19 bits per heavy atom. The molecule has 2 aromatic rings. The summed E-state index contributed by atoms with van der Waals surface area (Å²) in [5.41, 5.74) is 7.62. The summed E-state index contributed by atoms with van der Waals surface area (Å²) in [7, 11) is 0. The van der Waals surface area contributed by atoms with Gasteiger partial charge in [-0.3, -0.25) is 0 Å². The lowest BCUT2D eigenvalue weighted by Crippen LogP contribution is -2.02. The second-order valence-electron chi connectivity index (χ2n) is 3.32. The quantitative estimate of drug-likeness (QED) is 0.857. The van der Waals surface area contributed by atoms with Gasteiger partial charge in [0.15, 0.2) is 0 Å². The molecule has 0 bridgehead atoms. The van der Waals surface area contributed by atoms with Gasteiger partial charge in [-0.25, -0.2) is 4.98 Å². The Kier molecular flexibility index (Phi) is 3.39. The molecule has 3 N–H and O–H groups in total. The van der Waals surface area contributed by atoms with Crippen molar-refractivity contribution in [2.45, 2.75) is 6.54 Å². The highest BCUT2D eigenvalue weighted by Gasteiger charge is 2.03. The van der Waals surface area contributed by atoms with Crippen molar-refractivity contribution < 1.29 is 0 Å². The van der Waals surface area contributed by atoms with Crippen molar-refractivity contribution in [3.05, 3.63) is 53.2 Å². The molecule has 82 valence electrons. The highest BCUT2D eigenvalue weighted by Crippen LogP contribution is 2.24. The van der Waals surface area contributed by atoms with Crippen molar-refractivity contribution in [1.82, 2.24) is 4.98 Å². The van der Waals surface area contributed by atoms with E-state index in [-0.39, 0.29) is 0 Å². The molecule has 0 amide bonds. The summed E-state index contributed by atoms with van der Waals surface area (Å²) in [6, 6.07) is 11.4. The Bertz CT molecular complexity index is 485. The van der Waals surface area contributed by atoms with Crippen LogP contribution in [-0.4, -0.2) is 4.98 Å². The van der Waals surface area contributed by atoms with E-state index in [9.17, 15) is 0 Å². The van der Waals surface area contributed by atoms with Gasteiger partial charge >= 0.3 is 0 Å². The van der Waals surface area contributed by atoms with Gasteiger partial charge in [0.05, 0.1) is 5.02 Å². The van der Waals surface area contributed by atoms with Crippen LogP contribution in [0.1, 0.15) is 5.56 Å². The minimum atomic E-state index is 0.480. The number of hydrogen-bond acceptors (Lipinski definition) is 3. The minimum absolute atomic E-state index is 0.480. The third-order valence-corrected chi connectivity index (χ3v) is 2.55. The van der Waals surface area contributed by atoms with Crippen molar-refractivity contribution in [2.75, 3.05) is 5.32 Å². The van der Waals surface area contributed by atoms with Crippen LogP contribution in [0.2, 0.25) is 5.02 Å². The second-order valence-corrected chi connectivity index (χ2v) is 3.73. The van der Waals surface area contributed by atoms with Gasteiger partial charge in [0, 0.05) is 18.4 Å². The maximum absolute atomic E-state index is 6.01. The largest absolute Gasteiger partial charge is 0.339 e. The summed E-state index contributed by atoms with van der Waals surface area (Å²) in [6.45, 7) is 0.480. The number of pyridine rings is 1. The van der Waals surface area contributed by atoms with E-state index in [1.54, 1.807) is 18.3 Å². The Labute approximate surface area is 99.3 Å². The number of rotatable bonds is 3. The van der Waals surface area contributed by atoms with Crippen molar-refractivity contribution >= 4 is 23.1 Å². The number of halogens is 1. The number of nitrogens with zero attached hydrogens (tertiary/aromatic N) is 1. The SMILES string of the molecule is NCc1ccccc1Nc1ncccc1Cl. The van der Waals surface area contributed by atoms with Crippen LogP contribution in [0.15, 0.2) is 42.6 Å². The fourth-order valence-corrected chi connectivity index (χ4v) is 1.59. The normalized spacial score (nSPS) is 10.1. The lowest BCUT2D eigenvalue weighted by Gasteiger charge is -2.10. The van der Waals surface area contributed by atoms with Gasteiger partial charge in [0.2, 0.25) is 0 Å². The fraction of sp³-hybridized carbons (Fsp3) is 0.0833. The molecule has 0 unspecified atom stereocenters. The third kappa shape index (κ3) is 2.32. The monoisotopic (exact) mass is 233 g/mol. The molecule has 4 heteroatoms. The first-order chi connectivity index (χ1) is 7.81. The molecule has 0 aliphatic carbocycles. The van der Waals surface area contributed by atoms with E-state index in [0.717, 1.165) is 11.3 Å². The molecule has 0 atom stereocenters. The molecule has 0 spiro atoms. The highest BCUT2D eigenvalue weighted by atomic mass is 35.5. The second kappa shape index (κ2) is 4.96. The predicted octanol–water partition coefficient (Wildman–Crippen LogP) is 2.94. The van der Waals surface area contributed by atoms with Crippen LogP contribution in [0.3, 0.4) is 0 Å². The smallest absolute Gasteiger partial charge is 0.149 e. The molecule has 0 saturated carbocycles. The zero-order valence-corrected chi connectivity index (χ0v) is 9.41. The van der Waals surface area contributed by atoms with Crippen LogP contribution in [0, 0.1) is 0 Å². The zero-order valence-electron chi connectivity index (χ0n) is 8.65. The standard InChI is InChI=1S/C12H12ClN3/c13-10-5-3-7-15-12(10)16-11-6-2-1-4-9(11)8-14/h1-7H,8,14H2,(H,15,16). The first kappa shape index (κ1) is 10.9. The Hall–Kier alpha value is -1.58. The Morgan fingerprint density at radius 2 is 2.00 bits per heavy atom. The molecule has 1 heterocycles. The molecule has 0 saturated heterocycles. The Morgan fingerprint density at radius 3 is 2.75 bits per heavy atom. The van der Waals surface area contributed by atoms with Crippen LogP contribution >= 0.6 is 11.6 Å². The number of aromatic nitrogens is 1. The van der Waals surface area contributed by atoms with E-state index in [1.807, 2.05) is 24.3 Å². The van der Waals surface area contributed by atoms with Gasteiger partial charge < -0.3 is 11.1 Å². The van der Waals surface area contributed by atoms with Gasteiger partial charge in [-0.1, -0.05) is 29.8 Å². The molecule has 3 nitrogen and oxygen atoms in total. The van der Waals surface area contributed by atoms with E-state index >= 15 is 0 Å². The fourth-order valence-electron chi connectivity index (χ4n) is 1.43. The maximum atomic E-state index is 6.01. The van der Waals surface area contributed by atoms with E-state index < -0.39 is 0 Å². The maximum Gasteiger partial charge on any atom is 0.149 e. The van der Waals surface area contributed by atoms with Crippen molar-refractivity contribution in [2.24, 2.45) is 5.73 Å². The molecule has 2 rings (SSSR count). The van der Waals surface area contributed by atoms with Crippen LogP contribution < -0.4 is 11.1 Å². The summed E-state index contributed by atoms with van der Waals surface area (Å²) >= 11 is 6.01. The summed E-state index contributed by atoms with van der Waals surface area (Å²) in [6.07, 6.45) is 1.69. The van der Waals surface area contributed by atoms with Gasteiger partial charge in [-0.05, 0) is 23.8 Å². The molecule has 0 fully saturated rings. The lowest BCUT2D eigenvalue weighted by atomic mass is 10.2. The van der Waals surface area contributed by atoms with E-state index in [2.05, 4.69) is 10.3 Å². The predicted molar refractivity (Wildman–Crippen MR) is 66.9 cm³/mol. The lowest BCUT2D eigenvalue weighted by molar-refractivity contribution is 1.07. The molecule has 0 radical (unpaired) electrons. The van der Waals surface area contributed by atoms with E-state index in [0.29, 0.717) is 17.4 Å². The van der Waals surface area contributed by atoms with Crippen molar-refractivity contribution in [3.63, 3.8) is 0 Å². The molecular weight excluding hydrogens is 222 g/mol. The van der Waals surface area contributed by atoms with Crippen molar-refractivity contribution in [3.8, 4) is 0 Å². The van der Waals surface area contributed by atoms with E-state index in [1.165, 1.54) is 0 Å². The van der Waals surface area contributed by atoms with Gasteiger partial charge in [-0.2, -0.15) is 0 Å². The number of para-hydroxylation sites is 1. The van der Waals surface area contributed by atoms with Crippen LogP contribution in [0.4, 0.5) is 11.5 Å². The molecule has 1 aromatic heterocycles. The third-order valence-electron chi connectivity index (χ3n) is 2.25. The van der Waals surface area contributed by atoms with Crippen LogP contribution in [0.25, 0.3) is 0 Å². The number of hydrogen-bond donors (Lipinski definition) is 2. The summed E-state index contributed by atoms with van der Waals surface area (Å²) < 4.78 is 0. The molecule has 0 aliphatic heterocycles. The Balaban J connectivity index is 2.30. The van der Waals surface area contributed by atoms with E-state index in [4.69, 9.17) is 17.3 Å². The highest BCUT2D eigenvalue weighted by molar-refractivity contribution is 6.33. The molecule has 16 heavy (non-hydrogen) atoms. The molecular formula is C12H12ClN3. The van der Waals surface area contributed by atoms with Gasteiger partial charge in [-0.15, -0.1) is 0 Å². The molecule has 0 aliphatic rings. The molecule has 1 aromatic carbocycles. The number of anilines is 2. The zero-order chi connectivity index (χ0) is 11.4. The van der Waals surface area contributed by atoms with Crippen LogP contribution in [0.5, 0.6) is 0 Å². The summed E-state index contributed by atoms with van der Waals surface area (Å²) in [4.78, 5) is 4.17. The van der Waals surface area contributed by atoms with Gasteiger partial charge in [0.25, 0.3) is 0 Å². The first-order valence-corrected chi connectivity index (χ1v) is 5.34. The minimum Gasteiger partial charge on any atom is -0.339 e. The van der Waals surface area contributed by atoms with Gasteiger partial charge in [0.1, 0.15) is 5.82 Å². The average Bonchev–Trinajstić information content (AvgIpc) is 2.33. The summed E-state index contributed by atoms with van der Waals surface area (Å²) in [5, 5.41) is 3.76. The van der Waals surface area contributed by atoms with Crippen molar-refractivity contribution in [1.29, 1.82) is 0 Å². The van der Waals surface area contributed by atoms with Crippen LogP contribution in [-0.2, 0) is 6.54 Å². The summed E-state index contributed by atoms with van der Waals surface area (Å²) in [5.74, 6) is 0.644. The number of nitrogens with one attached hydrogen (secondary N) is 1. The topological polar surface area (TPSA) is 50.9 Å². The number of nitrogens with two attached hydrogens (primary N) is 1.